The summed E-state index contributed by atoms with van der Waals surface area (Å²) in [7, 11) is 0. The summed E-state index contributed by atoms with van der Waals surface area (Å²) in [6.07, 6.45) is 4.93. The van der Waals surface area contributed by atoms with Gasteiger partial charge in [0.25, 0.3) is 0 Å². The summed E-state index contributed by atoms with van der Waals surface area (Å²) in [6, 6.07) is 8.52. The first-order chi connectivity index (χ1) is 7.31. The van der Waals surface area contributed by atoms with Gasteiger partial charge >= 0.3 is 0 Å². The Kier molecular flexibility index (Phi) is 3.81. The number of aliphatic hydroxyl groups is 1. The van der Waals surface area contributed by atoms with Crippen molar-refractivity contribution in [1.29, 1.82) is 0 Å². The second-order valence-electron chi connectivity index (χ2n) is 4.36. The van der Waals surface area contributed by atoms with Crippen LogP contribution in [0.2, 0.25) is 0 Å². The molecule has 0 radical (unpaired) electrons. The fraction of sp³-hybridized carbons (Fsp3) is 0.538. The van der Waals surface area contributed by atoms with E-state index in [-0.39, 0.29) is 0 Å². The summed E-state index contributed by atoms with van der Waals surface area (Å²) in [4.78, 5) is 0. The van der Waals surface area contributed by atoms with Crippen LogP contribution in [-0.4, -0.2) is 11.7 Å². The average Bonchev–Trinajstić information content (AvgIpc) is 2.14. The highest BCUT2D eigenvalue weighted by Crippen LogP contribution is 2.41. The maximum Gasteiger partial charge on any atom is 0.0436 e. The van der Waals surface area contributed by atoms with Crippen molar-refractivity contribution in [3.8, 4) is 0 Å². The van der Waals surface area contributed by atoms with Crippen molar-refractivity contribution in [2.24, 2.45) is 5.92 Å². The minimum atomic E-state index is 0.299. The van der Waals surface area contributed by atoms with Crippen LogP contribution in [-0.2, 0) is 0 Å². The molecule has 2 heteroatoms. The predicted molar refractivity (Wildman–Crippen MR) is 65.9 cm³/mol. The highest BCUT2D eigenvalue weighted by atomic mass is 79.9. The molecule has 1 saturated carbocycles. The molecule has 1 nitrogen and oxygen atoms in total. The largest absolute Gasteiger partial charge is 0.396 e. The van der Waals surface area contributed by atoms with E-state index >= 15 is 0 Å². The molecule has 0 bridgehead atoms. The van der Waals surface area contributed by atoms with E-state index in [1.54, 1.807) is 0 Å². The summed E-state index contributed by atoms with van der Waals surface area (Å²) < 4.78 is 1.14. The van der Waals surface area contributed by atoms with Gasteiger partial charge in [-0.1, -0.05) is 34.5 Å². The Balaban J connectivity index is 2.15. The van der Waals surface area contributed by atoms with Crippen LogP contribution in [0.4, 0.5) is 0 Å². The molecule has 1 fully saturated rings. The Morgan fingerprint density at radius 1 is 1.40 bits per heavy atom. The van der Waals surface area contributed by atoms with Crippen LogP contribution in [0.15, 0.2) is 28.7 Å². The molecular weight excluding hydrogens is 252 g/mol. The van der Waals surface area contributed by atoms with Crippen LogP contribution < -0.4 is 0 Å². The van der Waals surface area contributed by atoms with E-state index < -0.39 is 0 Å². The second kappa shape index (κ2) is 5.13. The normalized spacial score (nSPS) is 18.5. The molecule has 1 N–H and O–H groups in total. The van der Waals surface area contributed by atoms with Gasteiger partial charge in [-0.05, 0) is 48.8 Å². The molecule has 1 aromatic rings. The third-order valence-corrected chi connectivity index (χ3v) is 3.93. The van der Waals surface area contributed by atoms with Crippen LogP contribution in [0, 0.1) is 5.92 Å². The third-order valence-electron chi connectivity index (χ3n) is 3.44. The molecule has 1 aliphatic rings. The molecular formula is C13H17BrO. The van der Waals surface area contributed by atoms with Gasteiger partial charge in [0.05, 0.1) is 0 Å². The highest BCUT2D eigenvalue weighted by Gasteiger charge is 2.27. The number of halogens is 1. The van der Waals surface area contributed by atoms with Crippen LogP contribution in [0.5, 0.6) is 0 Å². The van der Waals surface area contributed by atoms with E-state index in [9.17, 15) is 0 Å². The molecule has 1 aliphatic carbocycles. The SMILES string of the molecule is OCCC(c1cccc(Br)c1)C1CCC1. The Morgan fingerprint density at radius 3 is 2.73 bits per heavy atom. The van der Waals surface area contributed by atoms with Crippen molar-refractivity contribution in [1.82, 2.24) is 0 Å². The van der Waals surface area contributed by atoms with Crippen molar-refractivity contribution < 1.29 is 5.11 Å². The lowest BCUT2D eigenvalue weighted by molar-refractivity contribution is 0.206. The zero-order valence-electron chi connectivity index (χ0n) is 8.82. The van der Waals surface area contributed by atoms with Gasteiger partial charge in [0.1, 0.15) is 0 Å². The highest BCUT2D eigenvalue weighted by molar-refractivity contribution is 9.10. The van der Waals surface area contributed by atoms with E-state index in [4.69, 9.17) is 5.11 Å². The Morgan fingerprint density at radius 2 is 2.20 bits per heavy atom. The summed E-state index contributed by atoms with van der Waals surface area (Å²) in [5.41, 5.74) is 1.38. The van der Waals surface area contributed by atoms with Gasteiger partial charge in [-0.3, -0.25) is 0 Å². The second-order valence-corrected chi connectivity index (χ2v) is 5.28. The predicted octanol–water partition coefficient (Wildman–Crippen LogP) is 3.72. The molecule has 1 unspecified atom stereocenters. The molecule has 0 spiro atoms. The van der Waals surface area contributed by atoms with Crippen molar-refractivity contribution >= 4 is 15.9 Å². The number of hydrogen-bond donors (Lipinski definition) is 1. The van der Waals surface area contributed by atoms with E-state index in [1.165, 1.54) is 24.8 Å². The lowest BCUT2D eigenvalue weighted by Gasteiger charge is -2.34. The zero-order chi connectivity index (χ0) is 10.7. The minimum Gasteiger partial charge on any atom is -0.396 e. The van der Waals surface area contributed by atoms with Gasteiger partial charge < -0.3 is 5.11 Å². The first kappa shape index (κ1) is 11.2. The smallest absolute Gasteiger partial charge is 0.0436 e. The fourth-order valence-corrected chi connectivity index (χ4v) is 2.81. The van der Waals surface area contributed by atoms with E-state index in [0.717, 1.165) is 16.8 Å². The number of hydrogen-bond acceptors (Lipinski definition) is 1. The number of benzene rings is 1. The van der Waals surface area contributed by atoms with Gasteiger partial charge in [0.2, 0.25) is 0 Å². The molecule has 0 amide bonds. The lowest BCUT2D eigenvalue weighted by atomic mass is 9.72. The molecule has 1 aromatic carbocycles. The number of rotatable bonds is 4. The minimum absolute atomic E-state index is 0.299. The topological polar surface area (TPSA) is 20.2 Å². The lowest BCUT2D eigenvalue weighted by Crippen LogP contribution is -2.21. The molecule has 15 heavy (non-hydrogen) atoms. The van der Waals surface area contributed by atoms with Crippen molar-refractivity contribution in [2.75, 3.05) is 6.61 Å². The number of aliphatic hydroxyl groups excluding tert-OH is 1. The van der Waals surface area contributed by atoms with Crippen molar-refractivity contribution in [3.63, 3.8) is 0 Å². The van der Waals surface area contributed by atoms with Gasteiger partial charge in [0, 0.05) is 11.1 Å². The van der Waals surface area contributed by atoms with Crippen LogP contribution in [0.3, 0.4) is 0 Å². The van der Waals surface area contributed by atoms with Gasteiger partial charge in [0.15, 0.2) is 0 Å². The summed E-state index contributed by atoms with van der Waals surface area (Å²) >= 11 is 3.51. The Labute approximate surface area is 99.6 Å². The maximum absolute atomic E-state index is 9.12. The van der Waals surface area contributed by atoms with Crippen LogP contribution >= 0.6 is 15.9 Å². The first-order valence-electron chi connectivity index (χ1n) is 5.67. The van der Waals surface area contributed by atoms with Crippen molar-refractivity contribution in [2.45, 2.75) is 31.6 Å². The Bertz CT molecular complexity index is 320. The Hall–Kier alpha value is -0.340. The van der Waals surface area contributed by atoms with E-state index in [2.05, 4.69) is 40.2 Å². The first-order valence-corrected chi connectivity index (χ1v) is 6.47. The van der Waals surface area contributed by atoms with Crippen LogP contribution in [0.25, 0.3) is 0 Å². The van der Waals surface area contributed by atoms with Crippen LogP contribution in [0.1, 0.15) is 37.2 Å². The molecule has 82 valence electrons. The molecule has 0 aromatic heterocycles. The molecule has 2 rings (SSSR count). The van der Waals surface area contributed by atoms with E-state index in [0.29, 0.717) is 12.5 Å². The van der Waals surface area contributed by atoms with E-state index in [1.807, 2.05) is 0 Å². The van der Waals surface area contributed by atoms with Gasteiger partial charge in [-0.15, -0.1) is 0 Å². The molecule has 0 saturated heterocycles. The standard InChI is InChI=1S/C13H17BrO/c14-12-6-2-5-11(9-12)13(7-8-15)10-3-1-4-10/h2,5-6,9-10,13,15H,1,3-4,7-8H2. The van der Waals surface area contributed by atoms with Gasteiger partial charge in [-0.2, -0.15) is 0 Å². The third kappa shape index (κ3) is 2.61. The maximum atomic E-state index is 9.12. The fourth-order valence-electron chi connectivity index (χ4n) is 2.39. The summed E-state index contributed by atoms with van der Waals surface area (Å²) in [5, 5.41) is 9.12. The summed E-state index contributed by atoms with van der Waals surface area (Å²) in [5.74, 6) is 1.35. The molecule has 1 atom stereocenters. The van der Waals surface area contributed by atoms with Gasteiger partial charge in [-0.25, -0.2) is 0 Å². The average molecular weight is 269 g/mol. The van der Waals surface area contributed by atoms with Crippen molar-refractivity contribution in [3.05, 3.63) is 34.3 Å². The molecule has 0 aliphatic heterocycles. The summed E-state index contributed by atoms with van der Waals surface area (Å²) in [6.45, 7) is 0.299. The quantitative estimate of drug-likeness (QED) is 0.883. The molecule has 0 heterocycles. The zero-order valence-corrected chi connectivity index (χ0v) is 10.4. The monoisotopic (exact) mass is 268 g/mol.